The van der Waals surface area contributed by atoms with Crippen LogP contribution in [0.3, 0.4) is 0 Å². The first kappa shape index (κ1) is 10.9. The summed E-state index contributed by atoms with van der Waals surface area (Å²) in [6.45, 7) is 6.46. The second-order valence-corrected chi connectivity index (χ2v) is 0.839. The van der Waals surface area contributed by atoms with Crippen molar-refractivity contribution in [3.8, 4) is 6.07 Å². The fraction of sp³-hybridized carbons (Fsp3) is 0.500. The van der Waals surface area contributed by atoms with Crippen molar-refractivity contribution in [3.05, 3.63) is 16.7 Å². The van der Waals surface area contributed by atoms with Gasteiger partial charge in [0, 0.05) is 38.8 Å². The largest absolute Gasteiger partial charge is 0.578 e. The van der Waals surface area contributed by atoms with Gasteiger partial charge >= 0.3 is 0 Å². The van der Waals surface area contributed by atoms with Gasteiger partial charge in [-0.05, 0) is 0 Å². The molecule has 8 heavy (non-hydrogen) atoms. The average Bonchev–Trinajstić information content (AvgIpc) is 1.69. The Morgan fingerprint density at radius 2 is 2.38 bits per heavy atom. The topological polar surface area (TPSA) is 42.2 Å². The minimum Gasteiger partial charge on any atom is -0.578 e. The molecule has 0 spiro atoms. The zero-order valence-electron chi connectivity index (χ0n) is 4.33. The second kappa shape index (κ2) is 10.1. The first-order valence-corrected chi connectivity index (χ1v) is 1.75. The molecule has 0 amide bonds. The van der Waals surface area contributed by atoms with Crippen molar-refractivity contribution in [1.29, 1.82) is 5.26 Å². The van der Waals surface area contributed by atoms with E-state index in [2.05, 4.69) is 10.2 Å². The van der Waals surface area contributed by atoms with Crippen LogP contribution in [0.25, 0.3) is 10.2 Å². The Morgan fingerprint density at radius 3 is 2.75 bits per heavy atom. The average molecular weight is 183 g/mol. The molecule has 0 aliphatic rings. The van der Waals surface area contributed by atoms with Gasteiger partial charge in [0.1, 0.15) is 6.67 Å². The maximum Gasteiger partial charge on any atom is 0.140 e. The van der Waals surface area contributed by atoms with E-state index < -0.39 is 0 Å². The van der Waals surface area contributed by atoms with E-state index in [1.807, 2.05) is 0 Å². The minimum atomic E-state index is 0. The Labute approximate surface area is 73.8 Å². The van der Waals surface area contributed by atoms with Crippen molar-refractivity contribution in [2.45, 2.75) is 0 Å². The van der Waals surface area contributed by atoms with Gasteiger partial charge in [0.2, 0.25) is 0 Å². The summed E-state index contributed by atoms with van der Waals surface area (Å²) in [6.07, 6.45) is 0. The maximum atomic E-state index is 7.85. The van der Waals surface area contributed by atoms with Crippen LogP contribution in [0, 0.1) is 17.9 Å². The first-order valence-electron chi connectivity index (χ1n) is 1.75. The molecule has 0 saturated carbocycles. The summed E-state index contributed by atoms with van der Waals surface area (Å²) in [5.74, 6) is 0. The molecule has 0 heterocycles. The van der Waals surface area contributed by atoms with Gasteiger partial charge in [-0.15, -0.1) is 0 Å². The molecule has 39 valence electrons. The van der Waals surface area contributed by atoms with E-state index in [0.717, 1.165) is 0 Å². The molecule has 0 aliphatic heterocycles. The van der Waals surface area contributed by atoms with Gasteiger partial charge in [0.05, 0.1) is 0 Å². The van der Waals surface area contributed by atoms with Crippen LogP contribution in [-0.4, -0.2) is 13.2 Å². The van der Waals surface area contributed by atoms with Crippen LogP contribution in [0.5, 0.6) is 0 Å². The summed E-state index contributed by atoms with van der Waals surface area (Å²) in [4.78, 5) is 2.91. The van der Waals surface area contributed by atoms with Crippen LogP contribution in [0.1, 0.15) is 0 Å². The van der Waals surface area contributed by atoms with Gasteiger partial charge in [-0.3, -0.25) is 0 Å². The molecule has 0 bridgehead atoms. The Balaban J connectivity index is 0. The molecule has 0 rings (SSSR count). The summed E-state index contributed by atoms with van der Waals surface area (Å²) in [7, 11) is 0. The fourth-order valence-electron chi connectivity index (χ4n) is 0.150. The summed E-state index contributed by atoms with van der Waals surface area (Å²) < 4.78 is 0. The smallest absolute Gasteiger partial charge is 0.140 e. The summed E-state index contributed by atoms with van der Waals surface area (Å²) in [5, 5.41) is 11.3. The number of hydrogen-bond donors (Lipinski definition) is 0. The monoisotopic (exact) mass is 183 g/mol. The molecule has 0 unspecified atom stereocenters. The second-order valence-electron chi connectivity index (χ2n) is 0.839. The van der Waals surface area contributed by atoms with Crippen molar-refractivity contribution < 1.29 is 32.7 Å². The summed E-state index contributed by atoms with van der Waals surface area (Å²) >= 11 is 0. The Morgan fingerprint density at radius 1 is 1.75 bits per heavy atom. The zero-order valence-corrected chi connectivity index (χ0v) is 7.17. The fourth-order valence-corrected chi connectivity index (χ4v) is 0.150. The molecule has 0 aromatic rings. The SMILES string of the molecule is [C-]#[N+]C[N-]CC#N.[Y]. The van der Waals surface area contributed by atoms with Crippen molar-refractivity contribution in [1.82, 2.24) is 0 Å². The van der Waals surface area contributed by atoms with Crippen molar-refractivity contribution in [2.24, 2.45) is 0 Å². The number of nitrogens with zero attached hydrogens (tertiary/aromatic N) is 3. The van der Waals surface area contributed by atoms with E-state index >= 15 is 0 Å². The molecule has 4 heteroatoms. The molecule has 0 atom stereocenters. The molecule has 0 saturated heterocycles. The maximum absolute atomic E-state index is 7.85. The predicted octanol–water partition coefficient (Wildman–Crippen LogP) is 0.758. The standard InChI is InChI=1S/C4H4N3.Y/c1-6-4-7-3-2-5;/h3-4H2;/q-1;. The van der Waals surface area contributed by atoms with Crippen molar-refractivity contribution in [3.63, 3.8) is 0 Å². The van der Waals surface area contributed by atoms with E-state index in [0.29, 0.717) is 0 Å². The Kier molecular flexibility index (Phi) is 13.8. The van der Waals surface area contributed by atoms with Crippen LogP contribution < -0.4 is 0 Å². The van der Waals surface area contributed by atoms with Gasteiger partial charge in [-0.1, -0.05) is 6.54 Å². The summed E-state index contributed by atoms with van der Waals surface area (Å²) in [5.41, 5.74) is 0. The van der Waals surface area contributed by atoms with Gasteiger partial charge in [-0.2, -0.15) is 0 Å². The third-order valence-electron chi connectivity index (χ3n) is 0.353. The molecule has 0 aromatic heterocycles. The molecule has 0 fully saturated rings. The van der Waals surface area contributed by atoms with Crippen LogP contribution in [-0.2, 0) is 32.7 Å². The molecule has 0 aliphatic carbocycles. The third kappa shape index (κ3) is 9.40. The van der Waals surface area contributed by atoms with Crippen LogP contribution in [0.4, 0.5) is 0 Å². The van der Waals surface area contributed by atoms with Crippen molar-refractivity contribution in [2.75, 3.05) is 13.2 Å². The molecule has 3 nitrogen and oxygen atoms in total. The normalized spacial score (nSPS) is 5.75. The number of rotatable bonds is 2. The number of nitriles is 1. The van der Waals surface area contributed by atoms with E-state index in [-0.39, 0.29) is 45.9 Å². The van der Waals surface area contributed by atoms with Crippen LogP contribution in [0.2, 0.25) is 0 Å². The quantitative estimate of drug-likeness (QED) is 0.354. The summed E-state index contributed by atoms with van der Waals surface area (Å²) in [6, 6.07) is 1.79. The molecule has 0 aromatic carbocycles. The molecular weight excluding hydrogens is 179 g/mol. The zero-order chi connectivity index (χ0) is 5.54. The molecule has 0 N–H and O–H groups in total. The van der Waals surface area contributed by atoms with Gasteiger partial charge in [0.15, 0.2) is 0 Å². The van der Waals surface area contributed by atoms with E-state index in [4.69, 9.17) is 11.8 Å². The minimum absolute atomic E-state index is 0. The van der Waals surface area contributed by atoms with Gasteiger partial charge in [-0.25, -0.2) is 11.8 Å². The van der Waals surface area contributed by atoms with Gasteiger partial charge < -0.3 is 10.2 Å². The van der Waals surface area contributed by atoms with Crippen molar-refractivity contribution >= 4 is 0 Å². The van der Waals surface area contributed by atoms with Crippen LogP contribution in [0.15, 0.2) is 0 Å². The Hall–Kier alpha value is 0.0439. The van der Waals surface area contributed by atoms with Crippen LogP contribution >= 0.6 is 0 Å². The predicted molar refractivity (Wildman–Crippen MR) is 25.3 cm³/mol. The first-order chi connectivity index (χ1) is 3.41. The van der Waals surface area contributed by atoms with Gasteiger partial charge in [0.25, 0.3) is 0 Å². The molecule has 1 radical (unpaired) electrons. The third-order valence-corrected chi connectivity index (χ3v) is 0.353. The number of hydrogen-bond acceptors (Lipinski definition) is 1. The molecular formula is C4H4N3Y-. The van der Waals surface area contributed by atoms with E-state index in [1.165, 1.54) is 0 Å². The van der Waals surface area contributed by atoms with E-state index in [1.54, 1.807) is 6.07 Å². The van der Waals surface area contributed by atoms with E-state index in [9.17, 15) is 0 Å². The Bertz CT molecular complexity index is 95.4.